The minimum absolute atomic E-state index is 0.462. The molecular weight excluding hydrogens is 303 g/mol. The van der Waals surface area contributed by atoms with Crippen LogP contribution in [0.4, 0.5) is 4.39 Å². The van der Waals surface area contributed by atoms with Gasteiger partial charge in [-0.25, -0.2) is 4.39 Å². The van der Waals surface area contributed by atoms with Gasteiger partial charge in [-0.3, -0.25) is 0 Å². The lowest BCUT2D eigenvalue weighted by Crippen LogP contribution is -1.94. The third-order valence-corrected chi connectivity index (χ3v) is 4.22. The molecule has 0 radical (unpaired) electrons. The van der Waals surface area contributed by atoms with E-state index < -0.39 is 6.67 Å². The van der Waals surface area contributed by atoms with Crippen LogP contribution in [0, 0.1) is 0 Å². The number of hydrogen-bond donors (Lipinski definition) is 0. The molecule has 0 nitrogen and oxygen atoms in total. The van der Waals surface area contributed by atoms with Crippen molar-refractivity contribution >= 4 is 11.8 Å². The molecular formula is C21H27FS. The number of alkyl halides is 1. The van der Waals surface area contributed by atoms with Crippen molar-refractivity contribution in [2.45, 2.75) is 20.3 Å². The maximum absolute atomic E-state index is 12.7. The highest BCUT2D eigenvalue weighted by Crippen LogP contribution is 2.29. The van der Waals surface area contributed by atoms with Gasteiger partial charge >= 0.3 is 0 Å². The van der Waals surface area contributed by atoms with Crippen molar-refractivity contribution in [2.24, 2.45) is 0 Å². The zero-order valence-electron chi connectivity index (χ0n) is 14.4. The summed E-state index contributed by atoms with van der Waals surface area (Å²) in [5.41, 5.74) is 4.57. The number of allylic oxidation sites excluding steroid dienone is 12. The van der Waals surface area contributed by atoms with Crippen LogP contribution in [0.5, 0.6) is 0 Å². The first-order valence-electron chi connectivity index (χ1n) is 7.46. The highest BCUT2D eigenvalue weighted by molar-refractivity contribution is 8.02. The second kappa shape index (κ2) is 12.7. The zero-order valence-corrected chi connectivity index (χ0v) is 15.3. The van der Waals surface area contributed by atoms with Gasteiger partial charge in [-0.15, -0.1) is 11.8 Å². The molecule has 0 spiro atoms. The summed E-state index contributed by atoms with van der Waals surface area (Å²) >= 11 is 1.55. The molecule has 0 saturated carbocycles. The van der Waals surface area contributed by atoms with E-state index in [2.05, 4.69) is 33.6 Å². The number of thioether (sulfide) groups is 1. The van der Waals surface area contributed by atoms with Crippen molar-refractivity contribution in [1.29, 1.82) is 0 Å². The Morgan fingerprint density at radius 2 is 1.70 bits per heavy atom. The highest BCUT2D eigenvalue weighted by atomic mass is 32.2. The van der Waals surface area contributed by atoms with Gasteiger partial charge in [0.15, 0.2) is 0 Å². The summed E-state index contributed by atoms with van der Waals surface area (Å²) in [6.45, 7) is 15.0. The van der Waals surface area contributed by atoms with Crippen molar-refractivity contribution in [1.82, 2.24) is 0 Å². The zero-order chi connectivity index (χ0) is 17.7. The molecule has 0 bridgehead atoms. The van der Waals surface area contributed by atoms with Crippen LogP contribution in [0.25, 0.3) is 0 Å². The summed E-state index contributed by atoms with van der Waals surface area (Å²) < 4.78 is 12.7. The normalized spacial score (nSPS) is 14.7. The molecule has 0 aromatic carbocycles. The summed E-state index contributed by atoms with van der Waals surface area (Å²) in [5.74, 6) is 0. The first kappa shape index (κ1) is 21.2. The van der Waals surface area contributed by atoms with Crippen LogP contribution in [0.1, 0.15) is 20.3 Å². The summed E-state index contributed by atoms with van der Waals surface area (Å²) in [4.78, 5) is 0.954. The van der Waals surface area contributed by atoms with Crippen molar-refractivity contribution < 1.29 is 4.39 Å². The van der Waals surface area contributed by atoms with Gasteiger partial charge in [-0.1, -0.05) is 67.8 Å². The van der Waals surface area contributed by atoms with E-state index in [4.69, 9.17) is 0 Å². The molecule has 0 aliphatic carbocycles. The van der Waals surface area contributed by atoms with Gasteiger partial charge in [0.25, 0.3) is 0 Å². The Bertz CT molecular complexity index is 569. The molecule has 0 saturated heterocycles. The van der Waals surface area contributed by atoms with E-state index in [9.17, 15) is 4.39 Å². The molecule has 0 rings (SSSR count). The molecule has 124 valence electrons. The lowest BCUT2D eigenvalue weighted by Gasteiger charge is -2.13. The monoisotopic (exact) mass is 330 g/mol. The molecule has 0 unspecified atom stereocenters. The van der Waals surface area contributed by atoms with E-state index >= 15 is 0 Å². The molecule has 2 heteroatoms. The number of halogens is 1. The second-order valence-electron chi connectivity index (χ2n) is 4.89. The molecule has 0 aromatic heterocycles. The van der Waals surface area contributed by atoms with E-state index in [0.717, 1.165) is 22.5 Å². The van der Waals surface area contributed by atoms with Gasteiger partial charge in [0.05, 0.1) is 0 Å². The molecule has 0 aliphatic rings. The topological polar surface area (TPSA) is 0 Å². The first-order chi connectivity index (χ1) is 11.0. The summed E-state index contributed by atoms with van der Waals surface area (Å²) in [5, 5.41) is 0. The van der Waals surface area contributed by atoms with E-state index in [1.54, 1.807) is 36.1 Å². The Hall–Kier alpha value is -1.80. The minimum atomic E-state index is -0.462. The van der Waals surface area contributed by atoms with Crippen LogP contribution in [0.15, 0.2) is 95.5 Å². The summed E-state index contributed by atoms with van der Waals surface area (Å²) in [7, 11) is 0. The molecule has 0 aromatic rings. The maximum Gasteiger partial charge on any atom is 0.109 e. The van der Waals surface area contributed by atoms with Crippen molar-refractivity contribution in [3.8, 4) is 0 Å². The first-order valence-corrected chi connectivity index (χ1v) is 8.68. The minimum Gasteiger partial charge on any atom is -0.247 e. The quantitative estimate of drug-likeness (QED) is 0.393. The van der Waals surface area contributed by atoms with E-state index in [-0.39, 0.29) is 0 Å². The van der Waals surface area contributed by atoms with Crippen LogP contribution in [0.2, 0.25) is 0 Å². The van der Waals surface area contributed by atoms with Gasteiger partial charge in [0.1, 0.15) is 6.67 Å². The van der Waals surface area contributed by atoms with Crippen LogP contribution >= 0.6 is 11.8 Å². The van der Waals surface area contributed by atoms with Crippen molar-refractivity contribution in [3.05, 3.63) is 95.5 Å². The predicted molar refractivity (Wildman–Crippen MR) is 106 cm³/mol. The Balaban J connectivity index is 5.68. The largest absolute Gasteiger partial charge is 0.247 e. The van der Waals surface area contributed by atoms with Crippen molar-refractivity contribution in [2.75, 3.05) is 12.9 Å². The third kappa shape index (κ3) is 7.85. The predicted octanol–water partition coefficient (Wildman–Crippen LogP) is 6.90. The van der Waals surface area contributed by atoms with Crippen LogP contribution in [-0.2, 0) is 0 Å². The number of hydrogen-bond acceptors (Lipinski definition) is 1. The third-order valence-electron chi connectivity index (χ3n) is 3.36. The SMILES string of the molecule is C=C\C=C/C(=C/C=C)C(/C)=C(/C)CC(=C/C=C)/C(=C\CF)SC. The van der Waals surface area contributed by atoms with Gasteiger partial charge < -0.3 is 0 Å². The summed E-state index contributed by atoms with van der Waals surface area (Å²) in [6, 6.07) is 0. The lowest BCUT2D eigenvalue weighted by molar-refractivity contribution is 0.561. The average Bonchev–Trinajstić information content (AvgIpc) is 2.55. The Morgan fingerprint density at radius 3 is 2.17 bits per heavy atom. The highest BCUT2D eigenvalue weighted by Gasteiger charge is 2.08. The van der Waals surface area contributed by atoms with Gasteiger partial charge in [0.2, 0.25) is 0 Å². The smallest absolute Gasteiger partial charge is 0.109 e. The molecule has 0 fully saturated rings. The number of rotatable bonds is 10. The Labute approximate surface area is 145 Å². The Morgan fingerprint density at radius 1 is 1.04 bits per heavy atom. The van der Waals surface area contributed by atoms with Gasteiger partial charge in [0, 0.05) is 4.91 Å². The van der Waals surface area contributed by atoms with E-state index in [1.165, 1.54) is 11.1 Å². The fraction of sp³-hybridized carbons (Fsp3) is 0.238. The van der Waals surface area contributed by atoms with Crippen LogP contribution in [0.3, 0.4) is 0 Å². The second-order valence-corrected chi connectivity index (χ2v) is 5.74. The molecule has 0 N–H and O–H groups in total. The molecule has 23 heavy (non-hydrogen) atoms. The standard InChI is InChI=1S/C21H27FS/c1-7-10-13-19(11-8-2)18(5)17(4)16-20(12-9-3)21(23-6)14-15-22/h7-14H,1-3,15-16H2,4-6H3/b13-10-,18-17-,19-11-,20-12-,21-14+. The molecule has 0 atom stereocenters. The summed E-state index contributed by atoms with van der Waals surface area (Å²) in [6.07, 6.45) is 17.4. The van der Waals surface area contributed by atoms with Gasteiger partial charge in [-0.2, -0.15) is 0 Å². The van der Waals surface area contributed by atoms with Crippen LogP contribution in [-0.4, -0.2) is 12.9 Å². The fourth-order valence-electron chi connectivity index (χ4n) is 2.05. The van der Waals surface area contributed by atoms with E-state index in [1.807, 2.05) is 30.6 Å². The van der Waals surface area contributed by atoms with Gasteiger partial charge in [-0.05, 0) is 49.3 Å². The van der Waals surface area contributed by atoms with Crippen molar-refractivity contribution in [3.63, 3.8) is 0 Å². The molecule has 0 amide bonds. The average molecular weight is 331 g/mol. The molecule has 0 aliphatic heterocycles. The maximum atomic E-state index is 12.7. The Kier molecular flexibility index (Phi) is 11.7. The van der Waals surface area contributed by atoms with E-state index in [0.29, 0.717) is 0 Å². The van der Waals surface area contributed by atoms with Crippen LogP contribution < -0.4 is 0 Å². The fourth-order valence-corrected chi connectivity index (χ4v) is 2.69. The molecule has 0 heterocycles. The lowest BCUT2D eigenvalue weighted by atomic mass is 9.96.